The van der Waals surface area contributed by atoms with Gasteiger partial charge in [-0.2, -0.15) is 0 Å². The van der Waals surface area contributed by atoms with Crippen LogP contribution < -0.4 is 43.0 Å². The van der Waals surface area contributed by atoms with Crippen LogP contribution >= 0.6 is 0 Å². The molecule has 2 aromatic heterocycles. The monoisotopic (exact) mass is 1050 g/mol. The number of amides is 8. The number of nitrogens with one attached hydrogen (secondary N) is 9. The highest BCUT2D eigenvalue weighted by Gasteiger charge is 2.40. The molecule has 1 aliphatic rings. The van der Waals surface area contributed by atoms with Crippen molar-refractivity contribution in [2.24, 2.45) is 5.73 Å². The van der Waals surface area contributed by atoms with Gasteiger partial charge in [0.1, 0.15) is 54.4 Å². The van der Waals surface area contributed by atoms with Crippen LogP contribution in [-0.2, 0) is 67.2 Å². The quantitative estimate of drug-likeness (QED) is 0.0268. The highest BCUT2D eigenvalue weighted by molar-refractivity contribution is 5.99. The highest BCUT2D eigenvalue weighted by Crippen LogP contribution is 2.21. The molecule has 8 amide bonds. The summed E-state index contributed by atoms with van der Waals surface area (Å²) in [6.07, 6.45) is 1.57. The Morgan fingerprint density at radius 3 is 1.93 bits per heavy atom. The Hall–Kier alpha value is -8.27. The molecule has 404 valence electrons. The number of aromatic amines is 2. The minimum Gasteiger partial charge on any atom is -0.481 e. The molecule has 0 bridgehead atoms. The summed E-state index contributed by atoms with van der Waals surface area (Å²) >= 11 is 0. The van der Waals surface area contributed by atoms with Crippen LogP contribution in [0.1, 0.15) is 49.9 Å². The van der Waals surface area contributed by atoms with Crippen molar-refractivity contribution in [3.63, 3.8) is 0 Å². The zero-order chi connectivity index (χ0) is 54.9. The summed E-state index contributed by atoms with van der Waals surface area (Å²) in [6, 6.07) is 1.44. The van der Waals surface area contributed by atoms with E-state index in [1.807, 2.05) is 6.07 Å². The summed E-state index contributed by atoms with van der Waals surface area (Å²) < 4.78 is 0. The molecule has 2 aromatic carbocycles. The van der Waals surface area contributed by atoms with E-state index in [1.54, 1.807) is 54.7 Å². The van der Waals surface area contributed by atoms with E-state index < -0.39 is 139 Å². The number of likely N-dealkylation sites (tertiary alicyclic amines) is 1. The first kappa shape index (κ1) is 57.6. The SMILES string of the molecule is C[C@H](NC(=O)[C@@H]1CCCN1C(=O)[C@H](CO)NC(=O)[C@H](CC(=O)O)NC(=O)[C@H](Cc1ccccc1)NC(=O)[C@@H](NC(=O)[C@@H](N)CO)[C@@H](C)O)C(=O)N[C@@H](Cc1cnc[nH]1)C(=O)N[C@@H](Cc1c[nH]c2ccccc12)C(=O)O. The van der Waals surface area contributed by atoms with Gasteiger partial charge in [0.15, 0.2) is 0 Å². The predicted octanol–water partition coefficient (Wildman–Crippen LogP) is -4.42. The number of nitrogens with zero attached hydrogens (tertiary/aromatic N) is 2. The zero-order valence-electron chi connectivity index (χ0n) is 40.9. The molecule has 27 nitrogen and oxygen atoms in total. The van der Waals surface area contributed by atoms with Crippen LogP contribution in [0.25, 0.3) is 10.9 Å². The third kappa shape index (κ3) is 16.1. The smallest absolute Gasteiger partial charge is 0.326 e. The Morgan fingerprint density at radius 1 is 0.693 bits per heavy atom. The Morgan fingerprint density at radius 2 is 1.31 bits per heavy atom. The first-order valence-electron chi connectivity index (χ1n) is 23.8. The number of imidazole rings is 1. The topological polar surface area (TPSA) is 430 Å². The fourth-order valence-corrected chi connectivity index (χ4v) is 8.18. The second kappa shape index (κ2) is 27.1. The van der Waals surface area contributed by atoms with Crippen molar-refractivity contribution in [1.29, 1.82) is 0 Å². The van der Waals surface area contributed by atoms with Gasteiger partial charge in [0.05, 0.1) is 32.1 Å². The third-order valence-corrected chi connectivity index (χ3v) is 12.2. The van der Waals surface area contributed by atoms with Crippen LogP contribution in [0.3, 0.4) is 0 Å². The number of carbonyl (C=O) groups is 10. The third-order valence-electron chi connectivity index (χ3n) is 12.2. The van der Waals surface area contributed by atoms with Crippen LogP contribution in [0.5, 0.6) is 0 Å². The van der Waals surface area contributed by atoms with E-state index in [9.17, 15) is 73.5 Å². The van der Waals surface area contributed by atoms with Crippen molar-refractivity contribution in [3.8, 4) is 0 Å². The fraction of sp³-hybridized carbons (Fsp3) is 0.438. The minimum atomic E-state index is -1.94. The molecular formula is C48H62N12O15. The number of aliphatic carboxylic acids is 2. The number of fused-ring (bicyclic) bond motifs is 1. The van der Waals surface area contributed by atoms with E-state index in [4.69, 9.17) is 5.73 Å². The lowest BCUT2D eigenvalue weighted by Crippen LogP contribution is -2.62. The summed E-state index contributed by atoms with van der Waals surface area (Å²) in [4.78, 5) is 144. The van der Waals surface area contributed by atoms with Gasteiger partial charge in [-0.15, -0.1) is 0 Å². The number of carboxylic acid groups (broad SMARTS) is 2. The molecule has 27 heteroatoms. The molecule has 0 spiro atoms. The van der Waals surface area contributed by atoms with Crippen LogP contribution in [0, 0.1) is 0 Å². The maximum absolute atomic E-state index is 13.9. The molecule has 1 fully saturated rings. The first-order valence-corrected chi connectivity index (χ1v) is 23.8. The van der Waals surface area contributed by atoms with E-state index in [1.165, 1.54) is 19.4 Å². The summed E-state index contributed by atoms with van der Waals surface area (Å²) in [7, 11) is 0. The van der Waals surface area contributed by atoms with Crippen LogP contribution in [0.2, 0.25) is 0 Å². The lowest BCUT2D eigenvalue weighted by Gasteiger charge is -2.30. The molecule has 3 heterocycles. The maximum Gasteiger partial charge on any atom is 0.326 e. The summed E-state index contributed by atoms with van der Waals surface area (Å²) in [5, 5.41) is 67.1. The van der Waals surface area contributed by atoms with Gasteiger partial charge in [-0.3, -0.25) is 43.2 Å². The van der Waals surface area contributed by atoms with Crippen molar-refractivity contribution in [2.75, 3.05) is 19.8 Å². The van der Waals surface area contributed by atoms with E-state index in [-0.39, 0.29) is 38.6 Å². The van der Waals surface area contributed by atoms with Crippen molar-refractivity contribution < 1.29 is 73.5 Å². The number of hydrogen-bond acceptors (Lipinski definition) is 15. The van der Waals surface area contributed by atoms with E-state index in [2.05, 4.69) is 52.2 Å². The number of nitrogens with two attached hydrogens (primary N) is 1. The number of carboxylic acids is 2. The molecule has 4 aromatic rings. The molecule has 16 N–H and O–H groups in total. The largest absolute Gasteiger partial charge is 0.481 e. The van der Waals surface area contributed by atoms with Crippen molar-refractivity contribution in [2.45, 2.75) is 113 Å². The number of aliphatic hydroxyl groups is 3. The minimum absolute atomic E-state index is 0.0599. The molecular weight excluding hydrogens is 985 g/mol. The number of para-hydroxylation sites is 1. The normalized spacial score (nSPS) is 16.8. The molecule has 1 saturated heterocycles. The number of benzene rings is 2. The summed E-state index contributed by atoms with van der Waals surface area (Å²) in [6.45, 7) is 0.542. The number of carbonyl (C=O) groups excluding carboxylic acids is 8. The number of hydrogen-bond donors (Lipinski definition) is 15. The molecule has 0 aliphatic carbocycles. The Bertz CT molecular complexity index is 2670. The Balaban J connectivity index is 1.24. The van der Waals surface area contributed by atoms with Gasteiger partial charge in [-0.05, 0) is 43.9 Å². The molecule has 75 heavy (non-hydrogen) atoms. The van der Waals surface area contributed by atoms with Gasteiger partial charge in [0.25, 0.3) is 0 Å². The number of aromatic nitrogens is 3. The lowest BCUT2D eigenvalue weighted by atomic mass is 10.0. The average molecular weight is 1050 g/mol. The van der Waals surface area contributed by atoms with Crippen molar-refractivity contribution in [1.82, 2.24) is 57.1 Å². The van der Waals surface area contributed by atoms with Crippen LogP contribution in [0.15, 0.2) is 73.3 Å². The Kier molecular flexibility index (Phi) is 20.9. The number of rotatable bonds is 27. The number of aliphatic hydroxyl groups excluding tert-OH is 3. The molecule has 0 radical (unpaired) electrons. The Labute approximate surface area is 428 Å². The second-order valence-electron chi connectivity index (χ2n) is 17.9. The fourth-order valence-electron chi connectivity index (χ4n) is 8.18. The van der Waals surface area contributed by atoms with Crippen LogP contribution in [0.4, 0.5) is 0 Å². The van der Waals surface area contributed by atoms with Crippen LogP contribution in [-0.4, -0.2) is 185 Å². The predicted molar refractivity (Wildman–Crippen MR) is 262 cm³/mol. The molecule has 0 unspecified atom stereocenters. The molecule has 0 saturated carbocycles. The van der Waals surface area contributed by atoms with Gasteiger partial charge in [-0.1, -0.05) is 48.5 Å². The lowest BCUT2D eigenvalue weighted by molar-refractivity contribution is -0.144. The first-order chi connectivity index (χ1) is 35.7. The van der Waals surface area contributed by atoms with Gasteiger partial charge < -0.3 is 83.4 Å². The van der Waals surface area contributed by atoms with Gasteiger partial charge >= 0.3 is 11.9 Å². The van der Waals surface area contributed by atoms with Gasteiger partial charge in [-0.25, -0.2) is 9.78 Å². The van der Waals surface area contributed by atoms with Crippen molar-refractivity contribution in [3.05, 3.63) is 90.1 Å². The van der Waals surface area contributed by atoms with E-state index >= 15 is 0 Å². The summed E-state index contributed by atoms with van der Waals surface area (Å²) in [5.74, 6) is -10.9. The second-order valence-corrected chi connectivity index (χ2v) is 17.9. The molecule has 5 rings (SSSR count). The molecule has 1 aliphatic heterocycles. The summed E-state index contributed by atoms with van der Waals surface area (Å²) in [5.41, 5.74) is 7.81. The number of H-pyrrole nitrogens is 2. The molecule has 10 atom stereocenters. The standard InChI is InChI=1S/C48H62N12O15/c1-24(40(66)54-33(17-28-20-50-23-52-28)43(69)57-35(48(74)75)16-27-19-51-31-12-7-6-11-29(27)31)53-45(71)37-13-8-14-60(37)47(73)36(22-62)58-44(70)34(18-38(64)65)55-42(68)32(15-26-9-4-3-5-10-26)56-46(72)39(25(2)63)59-41(67)30(49)21-61/h3-7,9-12,19-20,23-25,30,32-37,39,51,61-63H,8,13-18,21-22,49H2,1-2H3,(H,50,52)(H,53,71)(H,54,66)(H,55,68)(H,56,72)(H,57,69)(H,58,70)(H,59,67)(H,64,65)(H,74,75)/t24-,25+,30-,32-,33-,34-,35-,36-,37-,39-/m0/s1. The van der Waals surface area contributed by atoms with Crippen molar-refractivity contribution >= 4 is 70.1 Å². The average Bonchev–Trinajstić information content (AvgIpc) is 4.18. The van der Waals surface area contributed by atoms with E-state index in [0.29, 0.717) is 16.8 Å². The van der Waals surface area contributed by atoms with E-state index in [0.717, 1.165) is 22.7 Å². The zero-order valence-corrected chi connectivity index (χ0v) is 40.9. The van der Waals surface area contributed by atoms with Gasteiger partial charge in [0.2, 0.25) is 47.3 Å². The maximum atomic E-state index is 13.9. The highest BCUT2D eigenvalue weighted by atomic mass is 16.4. The van der Waals surface area contributed by atoms with Gasteiger partial charge in [0, 0.05) is 54.8 Å².